The number of hydrogen-bond acceptors (Lipinski definition) is 3. The third-order valence-corrected chi connectivity index (χ3v) is 6.87. The lowest BCUT2D eigenvalue weighted by Crippen LogP contribution is -2.46. The van der Waals surface area contributed by atoms with Crippen LogP contribution in [0.5, 0.6) is 0 Å². The molecule has 2 aliphatic heterocycles. The van der Waals surface area contributed by atoms with Crippen LogP contribution in [0.1, 0.15) is 24.5 Å². The van der Waals surface area contributed by atoms with Gasteiger partial charge in [0.05, 0.1) is 10.8 Å². The first-order chi connectivity index (χ1) is 16.4. The Kier molecular flexibility index (Phi) is 8.30. The van der Waals surface area contributed by atoms with Gasteiger partial charge >= 0.3 is 12.2 Å². The Bertz CT molecular complexity index is 1030. The number of aliphatic imine (C=N–C) groups is 1. The van der Waals surface area contributed by atoms with E-state index in [0.29, 0.717) is 35.8 Å². The molecule has 2 amide bonds. The van der Waals surface area contributed by atoms with Gasteiger partial charge in [0.15, 0.2) is 5.17 Å². The third-order valence-electron chi connectivity index (χ3n) is 5.61. The van der Waals surface area contributed by atoms with Gasteiger partial charge in [-0.15, -0.1) is 0 Å². The van der Waals surface area contributed by atoms with Crippen molar-refractivity contribution in [2.45, 2.75) is 43.2 Å². The molecule has 2 N–H and O–H groups in total. The molecule has 3 rings (SSSR count). The van der Waals surface area contributed by atoms with Gasteiger partial charge in [0.2, 0.25) is 0 Å². The number of rotatable bonds is 6. The molecule has 5 nitrogen and oxygen atoms in total. The molecule has 0 spiro atoms. The number of benzene rings is 1. The highest BCUT2D eigenvalue weighted by Gasteiger charge is 2.47. The molecule has 2 unspecified atom stereocenters. The zero-order valence-electron chi connectivity index (χ0n) is 19.3. The number of allylic oxidation sites excluding steroid dienone is 2. The third kappa shape index (κ3) is 7.09. The summed E-state index contributed by atoms with van der Waals surface area (Å²) in [7, 11) is 1.55. The molecular weight excluding hydrogens is 487 g/mol. The van der Waals surface area contributed by atoms with E-state index in [1.807, 2.05) is 0 Å². The van der Waals surface area contributed by atoms with Crippen LogP contribution in [0, 0.1) is 0 Å². The van der Waals surface area contributed by atoms with Gasteiger partial charge in [-0.3, -0.25) is 9.89 Å². The summed E-state index contributed by atoms with van der Waals surface area (Å²) in [5.41, 5.74) is 0.989. The normalized spacial score (nSPS) is 25.3. The lowest BCUT2D eigenvalue weighted by atomic mass is 9.99. The monoisotopic (exact) mass is 514 g/mol. The molecule has 2 heterocycles. The minimum atomic E-state index is -4.38. The second-order valence-electron chi connectivity index (χ2n) is 8.38. The fourth-order valence-electron chi connectivity index (χ4n) is 3.60. The average Bonchev–Trinajstić information content (AvgIpc) is 3.23. The Balaban J connectivity index is 1.69. The van der Waals surface area contributed by atoms with Gasteiger partial charge < -0.3 is 10.6 Å². The van der Waals surface area contributed by atoms with E-state index >= 15 is 0 Å². The summed E-state index contributed by atoms with van der Waals surface area (Å²) in [4.78, 5) is 17.8. The zero-order chi connectivity index (χ0) is 25.8. The standard InChI is InChI=1S/C24H27F5N4OS/c1-15-14-17(7-5-13-31-22(34)33(15)3)19-20(23(2,25)26)32-21(35-19)30-12-4-6-16-8-10-18(11-9-16)24(27,28)29/h5,7-11,14,19-20H,1,4,6,12-13H2,2-3H3,(H,30,32)(H,31,34)/b7-5-,17-14+. The highest BCUT2D eigenvalue weighted by molar-refractivity contribution is 8.15. The van der Waals surface area contributed by atoms with Crippen molar-refractivity contribution < 1.29 is 26.7 Å². The highest BCUT2D eigenvalue weighted by atomic mass is 32.2. The van der Waals surface area contributed by atoms with Crippen LogP contribution in [0.15, 0.2) is 65.3 Å². The van der Waals surface area contributed by atoms with Gasteiger partial charge in [0.1, 0.15) is 6.04 Å². The lowest BCUT2D eigenvalue weighted by molar-refractivity contribution is -0.137. The van der Waals surface area contributed by atoms with E-state index in [2.05, 4.69) is 22.2 Å². The predicted octanol–water partition coefficient (Wildman–Crippen LogP) is 5.37. The van der Waals surface area contributed by atoms with Gasteiger partial charge in [0, 0.05) is 32.8 Å². The Labute approximate surface area is 205 Å². The summed E-state index contributed by atoms with van der Waals surface area (Å²) >= 11 is 1.18. The van der Waals surface area contributed by atoms with Crippen molar-refractivity contribution in [3.8, 4) is 0 Å². The molecule has 190 valence electrons. The average molecular weight is 515 g/mol. The Morgan fingerprint density at radius 3 is 2.51 bits per heavy atom. The summed E-state index contributed by atoms with van der Waals surface area (Å²) in [6.45, 7) is 5.29. The maximum Gasteiger partial charge on any atom is 0.416 e. The number of urea groups is 1. The van der Waals surface area contributed by atoms with E-state index in [1.54, 1.807) is 25.3 Å². The molecule has 2 atom stereocenters. The number of hydrogen-bond donors (Lipinski definition) is 2. The zero-order valence-corrected chi connectivity index (χ0v) is 20.1. The lowest BCUT2D eigenvalue weighted by Gasteiger charge is -2.25. The van der Waals surface area contributed by atoms with E-state index in [1.165, 1.54) is 28.8 Å². The smallest absolute Gasteiger partial charge is 0.355 e. The molecular formula is C24H27F5N4OS. The summed E-state index contributed by atoms with van der Waals surface area (Å²) in [6, 6.07) is 3.38. The summed E-state index contributed by atoms with van der Waals surface area (Å²) < 4.78 is 67.0. The number of carbonyl (C=O) groups excluding carboxylic acids is 1. The number of thioether (sulfide) groups is 1. The molecule has 0 saturated carbocycles. The minimum absolute atomic E-state index is 0.247. The first-order valence-corrected chi connectivity index (χ1v) is 11.8. The highest BCUT2D eigenvalue weighted by Crippen LogP contribution is 2.38. The summed E-state index contributed by atoms with van der Waals surface area (Å²) in [5.74, 6) is -3.05. The SMILES string of the molecule is C=C1/C=C(C2SC(=NCCCc3ccc(C(F)(F)F)cc3)NC2C(C)(F)F)\C=C/CNC(=O)N1C. The van der Waals surface area contributed by atoms with Gasteiger partial charge in [-0.05, 0) is 42.2 Å². The number of likely N-dealkylation sites (N-methyl/N-ethyl adjacent to an activating group) is 1. The van der Waals surface area contributed by atoms with Crippen LogP contribution in [0.4, 0.5) is 26.7 Å². The summed E-state index contributed by atoms with van der Waals surface area (Å²) in [6.07, 6.45) is 1.70. The van der Waals surface area contributed by atoms with Crippen molar-refractivity contribution in [3.05, 3.63) is 71.5 Å². The quantitative estimate of drug-likeness (QED) is 0.396. The molecule has 1 aromatic carbocycles. The minimum Gasteiger partial charge on any atom is -0.355 e. The molecule has 1 fully saturated rings. The van der Waals surface area contributed by atoms with Gasteiger partial charge in [-0.1, -0.05) is 42.6 Å². The maximum atomic E-state index is 14.5. The Morgan fingerprint density at radius 2 is 1.89 bits per heavy atom. The number of alkyl halides is 5. The molecule has 1 saturated heterocycles. The number of amidine groups is 1. The van der Waals surface area contributed by atoms with Crippen LogP contribution in [0.25, 0.3) is 0 Å². The second-order valence-corrected chi connectivity index (χ2v) is 9.52. The molecule has 1 aromatic rings. The van der Waals surface area contributed by atoms with Crippen molar-refractivity contribution in [2.75, 3.05) is 20.1 Å². The number of amides is 2. The van der Waals surface area contributed by atoms with Crippen molar-refractivity contribution in [2.24, 2.45) is 4.99 Å². The Morgan fingerprint density at radius 1 is 1.20 bits per heavy atom. The molecule has 0 aromatic heterocycles. The molecule has 0 radical (unpaired) electrons. The molecule has 11 heteroatoms. The Hall–Kier alpha value is -2.82. The second kappa shape index (κ2) is 10.8. The molecule has 0 bridgehead atoms. The fourth-order valence-corrected chi connectivity index (χ4v) is 4.92. The van der Waals surface area contributed by atoms with Gasteiger partial charge in [-0.25, -0.2) is 13.6 Å². The number of aryl methyl sites for hydroxylation is 1. The van der Waals surface area contributed by atoms with E-state index in [-0.39, 0.29) is 12.6 Å². The predicted molar refractivity (Wildman–Crippen MR) is 129 cm³/mol. The van der Waals surface area contributed by atoms with Crippen LogP contribution in [0.3, 0.4) is 0 Å². The van der Waals surface area contributed by atoms with E-state index in [9.17, 15) is 26.7 Å². The van der Waals surface area contributed by atoms with Crippen LogP contribution >= 0.6 is 11.8 Å². The number of halogens is 5. The van der Waals surface area contributed by atoms with Gasteiger partial charge in [0.25, 0.3) is 5.92 Å². The van der Waals surface area contributed by atoms with Crippen molar-refractivity contribution in [1.82, 2.24) is 15.5 Å². The number of nitrogens with zero attached hydrogens (tertiary/aromatic N) is 2. The van der Waals surface area contributed by atoms with Crippen LogP contribution < -0.4 is 10.6 Å². The van der Waals surface area contributed by atoms with Crippen LogP contribution in [0.2, 0.25) is 0 Å². The molecule has 35 heavy (non-hydrogen) atoms. The van der Waals surface area contributed by atoms with Crippen molar-refractivity contribution in [1.29, 1.82) is 0 Å². The molecule has 2 aliphatic rings. The van der Waals surface area contributed by atoms with E-state index < -0.39 is 29.0 Å². The first-order valence-electron chi connectivity index (χ1n) is 11.0. The largest absolute Gasteiger partial charge is 0.416 e. The molecule has 0 aliphatic carbocycles. The van der Waals surface area contributed by atoms with Crippen LogP contribution in [-0.2, 0) is 12.6 Å². The number of carbonyl (C=O) groups is 1. The summed E-state index contributed by atoms with van der Waals surface area (Å²) in [5, 5.41) is 5.21. The first kappa shape index (κ1) is 26.8. The fraction of sp³-hybridized carbons (Fsp3) is 0.417. The van der Waals surface area contributed by atoms with E-state index in [0.717, 1.165) is 24.6 Å². The number of nitrogens with one attached hydrogen (secondary N) is 2. The van der Waals surface area contributed by atoms with E-state index in [4.69, 9.17) is 0 Å². The van der Waals surface area contributed by atoms with Crippen molar-refractivity contribution >= 4 is 23.0 Å². The van der Waals surface area contributed by atoms with Crippen LogP contribution in [-0.4, -0.2) is 53.5 Å². The van der Waals surface area contributed by atoms with Gasteiger partial charge in [-0.2, -0.15) is 13.2 Å². The topological polar surface area (TPSA) is 56.7 Å². The van der Waals surface area contributed by atoms with Crippen molar-refractivity contribution in [3.63, 3.8) is 0 Å². The maximum absolute atomic E-state index is 14.5.